The summed E-state index contributed by atoms with van der Waals surface area (Å²) in [5.74, 6) is 0.541. The van der Waals surface area contributed by atoms with E-state index in [0.29, 0.717) is 0 Å². The van der Waals surface area contributed by atoms with Gasteiger partial charge in [0, 0.05) is 23.9 Å². The number of rotatable bonds is 5. The van der Waals surface area contributed by atoms with Crippen LogP contribution in [0.2, 0.25) is 0 Å². The molecule has 0 aromatic heterocycles. The highest BCUT2D eigenvalue weighted by atomic mass is 19.1. The molecule has 4 aliphatic rings. The van der Waals surface area contributed by atoms with Crippen molar-refractivity contribution in [3.8, 4) is 0 Å². The predicted octanol–water partition coefficient (Wildman–Crippen LogP) is 2.45. The van der Waals surface area contributed by atoms with Gasteiger partial charge in [-0.1, -0.05) is 6.07 Å². The fourth-order valence-electron chi connectivity index (χ4n) is 5.74. The largest absolute Gasteiger partial charge is 0.351 e. The van der Waals surface area contributed by atoms with Crippen LogP contribution in [0, 0.1) is 23.6 Å². The average molecular weight is 387 g/mol. The van der Waals surface area contributed by atoms with Gasteiger partial charge in [-0.3, -0.25) is 25.2 Å². The van der Waals surface area contributed by atoms with Gasteiger partial charge in [-0.15, -0.1) is 0 Å². The molecular formula is C21H26FN3O3. The van der Waals surface area contributed by atoms with Crippen LogP contribution in [-0.2, 0) is 9.59 Å². The summed E-state index contributed by atoms with van der Waals surface area (Å²) in [5.41, 5.74) is 4.56. The van der Waals surface area contributed by atoms with Gasteiger partial charge in [0.15, 0.2) is 0 Å². The monoisotopic (exact) mass is 387 g/mol. The lowest BCUT2D eigenvalue weighted by atomic mass is 9.53. The first kappa shape index (κ1) is 18.9. The lowest BCUT2D eigenvalue weighted by Crippen LogP contribution is -2.59. The molecule has 3 amide bonds. The van der Waals surface area contributed by atoms with Crippen LogP contribution in [0.3, 0.4) is 0 Å². The van der Waals surface area contributed by atoms with Crippen molar-refractivity contribution in [3.05, 3.63) is 35.6 Å². The van der Waals surface area contributed by atoms with Crippen molar-refractivity contribution in [2.75, 3.05) is 0 Å². The average Bonchev–Trinajstić information content (AvgIpc) is 2.63. The summed E-state index contributed by atoms with van der Waals surface area (Å²) in [4.78, 5) is 36.2. The first-order valence-electron chi connectivity index (χ1n) is 10.1. The maximum absolute atomic E-state index is 13.1. The number of hydrogen-bond donors (Lipinski definition) is 3. The Morgan fingerprint density at radius 2 is 1.54 bits per heavy atom. The summed E-state index contributed by atoms with van der Waals surface area (Å²) in [6.07, 6.45) is 7.21. The fraction of sp³-hybridized carbons (Fsp3) is 0.571. The molecule has 1 aromatic carbocycles. The van der Waals surface area contributed by atoms with E-state index in [1.54, 1.807) is 0 Å². The number of amides is 3. The predicted molar refractivity (Wildman–Crippen MR) is 100 cm³/mol. The Morgan fingerprint density at radius 1 is 0.929 bits per heavy atom. The molecule has 4 fully saturated rings. The molecule has 150 valence electrons. The van der Waals surface area contributed by atoms with Crippen LogP contribution in [0.4, 0.5) is 4.39 Å². The molecule has 6 nitrogen and oxygen atoms in total. The second-order valence-corrected chi connectivity index (χ2v) is 8.76. The third-order valence-electron chi connectivity index (χ3n) is 6.42. The normalized spacial score (nSPS) is 30.0. The molecule has 0 saturated heterocycles. The number of hydrogen-bond acceptors (Lipinski definition) is 3. The number of benzene rings is 1. The number of carbonyl (C=O) groups is 3. The van der Waals surface area contributed by atoms with Crippen LogP contribution in [0.5, 0.6) is 0 Å². The zero-order valence-corrected chi connectivity index (χ0v) is 15.8. The summed E-state index contributed by atoms with van der Waals surface area (Å²) in [7, 11) is 0. The van der Waals surface area contributed by atoms with Crippen LogP contribution >= 0.6 is 0 Å². The van der Waals surface area contributed by atoms with E-state index in [4.69, 9.17) is 0 Å². The Bertz CT molecular complexity index is 760. The number of nitrogens with one attached hydrogen (secondary N) is 3. The third kappa shape index (κ3) is 4.18. The fourth-order valence-corrected chi connectivity index (χ4v) is 5.74. The van der Waals surface area contributed by atoms with Crippen molar-refractivity contribution in [2.24, 2.45) is 17.8 Å². The second-order valence-electron chi connectivity index (χ2n) is 8.76. The van der Waals surface area contributed by atoms with E-state index in [2.05, 4.69) is 16.2 Å². The molecule has 0 atom stereocenters. The Balaban J connectivity index is 1.21. The molecule has 0 heterocycles. The smallest absolute Gasteiger partial charge is 0.269 e. The Labute approximate surface area is 163 Å². The minimum absolute atomic E-state index is 0.0123. The van der Waals surface area contributed by atoms with Crippen molar-refractivity contribution in [2.45, 2.75) is 56.9 Å². The van der Waals surface area contributed by atoms with Gasteiger partial charge in [0.1, 0.15) is 5.82 Å². The SMILES string of the molecule is O=C(CCC(=O)NC12CC3CC(CC(C3)C1)C2)NNC(=O)c1cccc(F)c1. The second kappa shape index (κ2) is 7.53. The van der Waals surface area contributed by atoms with Gasteiger partial charge < -0.3 is 5.32 Å². The molecule has 3 N–H and O–H groups in total. The van der Waals surface area contributed by atoms with Gasteiger partial charge in [0.2, 0.25) is 11.8 Å². The van der Waals surface area contributed by atoms with Crippen LogP contribution in [0.25, 0.3) is 0 Å². The quantitative estimate of drug-likeness (QED) is 0.678. The van der Waals surface area contributed by atoms with Crippen molar-refractivity contribution in [1.82, 2.24) is 16.2 Å². The first-order valence-corrected chi connectivity index (χ1v) is 10.1. The highest BCUT2D eigenvalue weighted by Gasteiger charge is 2.51. The topological polar surface area (TPSA) is 87.3 Å². The zero-order valence-electron chi connectivity index (χ0n) is 15.8. The van der Waals surface area contributed by atoms with E-state index in [0.717, 1.165) is 43.1 Å². The molecule has 0 unspecified atom stereocenters. The van der Waals surface area contributed by atoms with Gasteiger partial charge in [-0.25, -0.2) is 4.39 Å². The molecular weight excluding hydrogens is 361 g/mol. The standard InChI is InChI=1S/C21H26FN3O3/c22-17-3-1-2-16(9-17)20(28)25-24-19(27)5-4-18(26)23-21-10-13-6-14(11-21)8-15(7-13)12-21/h1-3,9,13-15H,4-8,10-12H2,(H,23,26)(H,24,27)(H,25,28). The van der Waals surface area contributed by atoms with E-state index < -0.39 is 17.6 Å². The minimum Gasteiger partial charge on any atom is -0.351 e. The molecule has 7 heteroatoms. The van der Waals surface area contributed by atoms with Gasteiger partial charge in [-0.05, 0) is 74.5 Å². The summed E-state index contributed by atoms with van der Waals surface area (Å²) in [6, 6.07) is 5.18. The molecule has 1 aromatic rings. The maximum Gasteiger partial charge on any atom is 0.269 e. The molecule has 28 heavy (non-hydrogen) atoms. The van der Waals surface area contributed by atoms with Gasteiger partial charge in [0.05, 0.1) is 0 Å². The first-order chi connectivity index (χ1) is 13.4. The lowest BCUT2D eigenvalue weighted by molar-refractivity contribution is -0.130. The van der Waals surface area contributed by atoms with E-state index in [-0.39, 0.29) is 29.9 Å². The molecule has 0 spiro atoms. The highest BCUT2D eigenvalue weighted by molar-refractivity contribution is 5.95. The van der Waals surface area contributed by atoms with Crippen molar-refractivity contribution in [3.63, 3.8) is 0 Å². The highest BCUT2D eigenvalue weighted by Crippen LogP contribution is 2.55. The van der Waals surface area contributed by atoms with E-state index in [1.807, 2.05) is 0 Å². The van der Waals surface area contributed by atoms with Crippen LogP contribution in [0.1, 0.15) is 61.7 Å². The Kier molecular flexibility index (Phi) is 5.08. The molecule has 5 rings (SSSR count). The van der Waals surface area contributed by atoms with E-state index in [1.165, 1.54) is 37.5 Å². The molecule has 0 radical (unpaired) electrons. The summed E-state index contributed by atoms with van der Waals surface area (Å²) in [5, 5.41) is 3.23. The van der Waals surface area contributed by atoms with Gasteiger partial charge in [-0.2, -0.15) is 0 Å². The maximum atomic E-state index is 13.1. The van der Waals surface area contributed by atoms with E-state index in [9.17, 15) is 18.8 Å². The van der Waals surface area contributed by atoms with Gasteiger partial charge in [0.25, 0.3) is 5.91 Å². The van der Waals surface area contributed by atoms with Gasteiger partial charge >= 0.3 is 0 Å². The molecule has 0 aliphatic heterocycles. The van der Waals surface area contributed by atoms with E-state index >= 15 is 0 Å². The van der Waals surface area contributed by atoms with Crippen molar-refractivity contribution in [1.29, 1.82) is 0 Å². The number of halogens is 1. The Morgan fingerprint density at radius 3 is 2.14 bits per heavy atom. The lowest BCUT2D eigenvalue weighted by Gasteiger charge is -2.56. The minimum atomic E-state index is -0.606. The zero-order chi connectivity index (χ0) is 19.7. The molecule has 4 aliphatic carbocycles. The Hall–Kier alpha value is -2.44. The van der Waals surface area contributed by atoms with Crippen LogP contribution < -0.4 is 16.2 Å². The summed E-state index contributed by atoms with van der Waals surface area (Å²) >= 11 is 0. The third-order valence-corrected chi connectivity index (χ3v) is 6.42. The van der Waals surface area contributed by atoms with Crippen molar-refractivity contribution >= 4 is 17.7 Å². The summed E-state index contributed by atoms with van der Waals surface area (Å²) < 4.78 is 13.1. The van der Waals surface area contributed by atoms with Crippen LogP contribution in [0.15, 0.2) is 24.3 Å². The summed E-state index contributed by atoms with van der Waals surface area (Å²) in [6.45, 7) is 0. The van der Waals surface area contributed by atoms with Crippen LogP contribution in [-0.4, -0.2) is 23.3 Å². The molecule has 4 saturated carbocycles. The van der Waals surface area contributed by atoms with Crippen molar-refractivity contribution < 1.29 is 18.8 Å². The number of carbonyl (C=O) groups excluding carboxylic acids is 3. The molecule has 4 bridgehead atoms. The number of hydrazine groups is 1.